The number of likely N-dealkylation sites (tertiary alicyclic amines) is 1. The van der Waals surface area contributed by atoms with Crippen molar-refractivity contribution >= 4 is 11.8 Å². The fourth-order valence-corrected chi connectivity index (χ4v) is 3.91. The summed E-state index contributed by atoms with van der Waals surface area (Å²) in [5.74, 6) is 0.555. The monoisotopic (exact) mass is 353 g/mol. The highest BCUT2D eigenvalue weighted by Gasteiger charge is 2.38. The Labute approximate surface area is 152 Å². The van der Waals surface area contributed by atoms with Gasteiger partial charge in [-0.05, 0) is 36.6 Å². The smallest absolute Gasteiger partial charge is 0.225 e. The van der Waals surface area contributed by atoms with E-state index in [1.807, 2.05) is 29.3 Å². The zero-order chi connectivity index (χ0) is 17.9. The summed E-state index contributed by atoms with van der Waals surface area (Å²) < 4.78 is 1.68. The van der Waals surface area contributed by atoms with Gasteiger partial charge in [0.1, 0.15) is 0 Å². The first-order valence-corrected chi connectivity index (χ1v) is 9.23. The lowest BCUT2D eigenvalue weighted by Crippen LogP contribution is -2.36. The first kappa shape index (κ1) is 16.8. The van der Waals surface area contributed by atoms with E-state index in [1.54, 1.807) is 17.1 Å². The van der Waals surface area contributed by atoms with Gasteiger partial charge in [-0.25, -0.2) is 9.67 Å². The molecule has 1 aliphatic heterocycles. The molecule has 136 valence electrons. The molecular weight excluding hydrogens is 330 g/mol. The number of amides is 2. The lowest BCUT2D eigenvalue weighted by atomic mass is 10.1. The molecule has 1 atom stereocenters. The Morgan fingerprint density at radius 1 is 1.27 bits per heavy atom. The predicted octanol–water partition coefficient (Wildman–Crippen LogP) is 1.67. The maximum absolute atomic E-state index is 12.5. The minimum atomic E-state index is -0.240. The molecule has 0 spiro atoms. The number of nitrogens with one attached hydrogen (secondary N) is 1. The lowest BCUT2D eigenvalue weighted by Gasteiger charge is -2.23. The molecule has 1 aliphatic carbocycles. The molecule has 7 nitrogen and oxygen atoms in total. The Hall–Kier alpha value is -2.70. The topological polar surface area (TPSA) is 80.1 Å². The van der Waals surface area contributed by atoms with Crippen molar-refractivity contribution in [3.63, 3.8) is 0 Å². The molecule has 0 aromatic carbocycles. The lowest BCUT2D eigenvalue weighted by molar-refractivity contribution is -0.130. The summed E-state index contributed by atoms with van der Waals surface area (Å²) in [5, 5.41) is 7.13. The van der Waals surface area contributed by atoms with Gasteiger partial charge in [-0.15, -0.1) is 0 Å². The van der Waals surface area contributed by atoms with E-state index in [1.165, 1.54) is 12.8 Å². The number of hydrogen-bond donors (Lipinski definition) is 1. The van der Waals surface area contributed by atoms with Crippen LogP contribution in [0.15, 0.2) is 36.8 Å². The molecule has 1 saturated heterocycles. The minimum Gasteiger partial charge on any atom is -0.352 e. The Balaban J connectivity index is 1.34. The second kappa shape index (κ2) is 7.27. The number of hydrogen-bond acceptors (Lipinski definition) is 4. The highest BCUT2D eigenvalue weighted by Crippen LogP contribution is 2.29. The van der Waals surface area contributed by atoms with E-state index in [2.05, 4.69) is 15.4 Å². The first-order chi connectivity index (χ1) is 12.7. The van der Waals surface area contributed by atoms with Gasteiger partial charge in [0, 0.05) is 44.1 Å². The van der Waals surface area contributed by atoms with Crippen LogP contribution in [-0.2, 0) is 16.1 Å². The second-order valence-corrected chi connectivity index (χ2v) is 7.08. The molecular formula is C19H23N5O2. The van der Waals surface area contributed by atoms with Crippen LogP contribution in [0.3, 0.4) is 0 Å². The first-order valence-electron chi connectivity index (χ1n) is 9.23. The summed E-state index contributed by atoms with van der Waals surface area (Å²) in [7, 11) is 0. The molecule has 2 amide bonds. The van der Waals surface area contributed by atoms with Crippen molar-refractivity contribution in [1.29, 1.82) is 0 Å². The number of nitrogens with zero attached hydrogens (tertiary/aromatic N) is 4. The van der Waals surface area contributed by atoms with Crippen LogP contribution in [0.5, 0.6) is 0 Å². The van der Waals surface area contributed by atoms with E-state index in [-0.39, 0.29) is 17.7 Å². The van der Waals surface area contributed by atoms with Crippen LogP contribution in [0.1, 0.15) is 37.7 Å². The number of aromatic nitrogens is 3. The van der Waals surface area contributed by atoms with Gasteiger partial charge in [0.15, 0.2) is 5.82 Å². The van der Waals surface area contributed by atoms with Gasteiger partial charge in [-0.3, -0.25) is 9.59 Å². The van der Waals surface area contributed by atoms with Gasteiger partial charge in [0.2, 0.25) is 11.8 Å². The molecule has 4 rings (SSSR count). The molecule has 2 aliphatic rings. The summed E-state index contributed by atoms with van der Waals surface area (Å²) in [6.45, 7) is 0.980. The molecule has 2 fully saturated rings. The molecule has 3 heterocycles. The average Bonchev–Trinajstić information content (AvgIpc) is 3.40. The zero-order valence-corrected chi connectivity index (χ0v) is 14.7. The Kier molecular flexibility index (Phi) is 4.69. The molecule has 2 aromatic heterocycles. The SMILES string of the molecule is O=C(NCc1ccnc(-n2cccn2)c1)C1CC(=O)N(C2CCCC2)C1. The fourth-order valence-electron chi connectivity index (χ4n) is 3.91. The summed E-state index contributed by atoms with van der Waals surface area (Å²) in [5.41, 5.74) is 0.954. The van der Waals surface area contributed by atoms with E-state index >= 15 is 0 Å². The number of carbonyl (C=O) groups excluding carboxylic acids is 2. The average molecular weight is 353 g/mol. The maximum Gasteiger partial charge on any atom is 0.225 e. The van der Waals surface area contributed by atoms with Crippen LogP contribution >= 0.6 is 0 Å². The molecule has 1 N–H and O–H groups in total. The number of pyridine rings is 1. The van der Waals surface area contributed by atoms with Crippen molar-refractivity contribution in [3.8, 4) is 5.82 Å². The summed E-state index contributed by atoms with van der Waals surface area (Å²) in [4.78, 5) is 31.0. The van der Waals surface area contributed by atoms with Crippen LogP contribution < -0.4 is 5.32 Å². The van der Waals surface area contributed by atoms with Crippen LogP contribution in [-0.4, -0.2) is 44.1 Å². The van der Waals surface area contributed by atoms with Crippen LogP contribution in [0.4, 0.5) is 0 Å². The van der Waals surface area contributed by atoms with Gasteiger partial charge < -0.3 is 10.2 Å². The maximum atomic E-state index is 12.5. The standard InChI is InChI=1S/C19H23N5O2/c25-18-11-15(13-23(18)16-4-1-2-5-16)19(26)21-12-14-6-8-20-17(10-14)24-9-3-7-22-24/h3,6-10,15-16H,1-2,4-5,11-13H2,(H,21,26). The van der Waals surface area contributed by atoms with Gasteiger partial charge in [-0.2, -0.15) is 5.10 Å². The Morgan fingerprint density at radius 2 is 2.12 bits per heavy atom. The van der Waals surface area contributed by atoms with Crippen molar-refractivity contribution < 1.29 is 9.59 Å². The van der Waals surface area contributed by atoms with Crippen molar-refractivity contribution in [2.75, 3.05) is 6.54 Å². The van der Waals surface area contributed by atoms with Gasteiger partial charge in [0.25, 0.3) is 0 Å². The number of carbonyl (C=O) groups is 2. The van der Waals surface area contributed by atoms with Gasteiger partial charge >= 0.3 is 0 Å². The van der Waals surface area contributed by atoms with Crippen molar-refractivity contribution in [3.05, 3.63) is 42.4 Å². The van der Waals surface area contributed by atoms with Crippen LogP contribution in [0, 0.1) is 5.92 Å². The highest BCUT2D eigenvalue weighted by atomic mass is 16.2. The predicted molar refractivity (Wildman–Crippen MR) is 95.3 cm³/mol. The third-order valence-corrected chi connectivity index (χ3v) is 5.31. The minimum absolute atomic E-state index is 0.0451. The summed E-state index contributed by atoms with van der Waals surface area (Å²) in [6.07, 6.45) is 10.1. The molecule has 1 unspecified atom stereocenters. The van der Waals surface area contributed by atoms with E-state index in [0.717, 1.165) is 18.4 Å². The Bertz CT molecular complexity index is 783. The third-order valence-electron chi connectivity index (χ3n) is 5.31. The van der Waals surface area contributed by atoms with Gasteiger partial charge in [-0.1, -0.05) is 12.8 Å². The van der Waals surface area contributed by atoms with E-state index < -0.39 is 0 Å². The molecule has 0 bridgehead atoms. The number of rotatable bonds is 5. The molecule has 7 heteroatoms. The van der Waals surface area contributed by atoms with E-state index in [9.17, 15) is 9.59 Å². The van der Waals surface area contributed by atoms with Crippen molar-refractivity contribution in [2.24, 2.45) is 5.92 Å². The zero-order valence-electron chi connectivity index (χ0n) is 14.7. The molecule has 1 saturated carbocycles. The highest BCUT2D eigenvalue weighted by molar-refractivity contribution is 5.89. The van der Waals surface area contributed by atoms with E-state index in [0.29, 0.717) is 31.4 Å². The third kappa shape index (κ3) is 3.47. The second-order valence-electron chi connectivity index (χ2n) is 7.08. The van der Waals surface area contributed by atoms with Gasteiger partial charge in [0.05, 0.1) is 5.92 Å². The van der Waals surface area contributed by atoms with Crippen LogP contribution in [0.25, 0.3) is 5.82 Å². The molecule has 26 heavy (non-hydrogen) atoms. The van der Waals surface area contributed by atoms with Crippen molar-refractivity contribution in [2.45, 2.75) is 44.7 Å². The van der Waals surface area contributed by atoms with E-state index in [4.69, 9.17) is 0 Å². The fraction of sp³-hybridized carbons (Fsp3) is 0.474. The molecule has 0 radical (unpaired) electrons. The largest absolute Gasteiger partial charge is 0.352 e. The quantitative estimate of drug-likeness (QED) is 0.887. The van der Waals surface area contributed by atoms with Crippen LogP contribution in [0.2, 0.25) is 0 Å². The normalized spacial score (nSPS) is 20.7. The summed E-state index contributed by atoms with van der Waals surface area (Å²) in [6, 6.07) is 5.95. The molecule has 2 aromatic rings. The Morgan fingerprint density at radius 3 is 2.88 bits per heavy atom. The van der Waals surface area contributed by atoms with Crippen molar-refractivity contribution in [1.82, 2.24) is 25.0 Å². The summed E-state index contributed by atoms with van der Waals surface area (Å²) >= 11 is 0.